The first-order valence-electron chi connectivity index (χ1n) is 6.66. The molecule has 1 aromatic heterocycles. The lowest BCUT2D eigenvalue weighted by Crippen LogP contribution is -2.32. The number of amides is 1. The predicted molar refractivity (Wildman–Crippen MR) is 82.7 cm³/mol. The molecule has 0 bridgehead atoms. The third kappa shape index (κ3) is 2.26. The number of sulfonamides is 1. The first-order chi connectivity index (χ1) is 10.4. The highest BCUT2D eigenvalue weighted by Gasteiger charge is 2.40. The molecule has 2 heterocycles. The molecule has 1 amide bonds. The summed E-state index contributed by atoms with van der Waals surface area (Å²) in [4.78, 5) is 25.0. The average Bonchev–Trinajstić information content (AvgIpc) is 2.99. The van der Waals surface area contributed by atoms with Gasteiger partial charge >= 0.3 is 0 Å². The Kier molecular flexibility index (Phi) is 3.62. The van der Waals surface area contributed by atoms with Gasteiger partial charge < -0.3 is 0 Å². The summed E-state index contributed by atoms with van der Waals surface area (Å²) in [6.45, 7) is 1.70. The molecule has 1 aliphatic heterocycles. The van der Waals surface area contributed by atoms with E-state index in [9.17, 15) is 18.0 Å². The largest absolute Gasteiger partial charge is 0.293 e. The van der Waals surface area contributed by atoms with Gasteiger partial charge in [0.1, 0.15) is 4.90 Å². The molecule has 0 N–H and O–H groups in total. The quantitative estimate of drug-likeness (QED) is 0.805. The third-order valence-electron chi connectivity index (χ3n) is 3.57. The van der Waals surface area contributed by atoms with Crippen molar-refractivity contribution < 1.29 is 18.0 Å². The Morgan fingerprint density at radius 1 is 1.23 bits per heavy atom. The van der Waals surface area contributed by atoms with E-state index in [1.54, 1.807) is 12.1 Å². The molecule has 0 saturated carbocycles. The van der Waals surface area contributed by atoms with E-state index in [1.807, 2.05) is 18.4 Å². The molecule has 0 radical (unpaired) electrons. The molecule has 2 aromatic rings. The van der Waals surface area contributed by atoms with Gasteiger partial charge in [0, 0.05) is 13.0 Å². The molecule has 0 fully saturated rings. The van der Waals surface area contributed by atoms with Gasteiger partial charge in [-0.05, 0) is 36.1 Å². The number of carbonyl (C=O) groups excluding carboxylic acids is 2. The van der Waals surface area contributed by atoms with Crippen molar-refractivity contribution in [2.45, 2.75) is 18.2 Å². The number of benzene rings is 1. The monoisotopic (exact) mass is 335 g/mol. The van der Waals surface area contributed by atoms with Crippen LogP contribution < -0.4 is 0 Å². The van der Waals surface area contributed by atoms with Crippen molar-refractivity contribution in [2.24, 2.45) is 0 Å². The van der Waals surface area contributed by atoms with Crippen molar-refractivity contribution in [3.8, 4) is 0 Å². The predicted octanol–water partition coefficient (Wildman–Crippen LogP) is 2.47. The summed E-state index contributed by atoms with van der Waals surface area (Å²) >= 11 is 1.33. The molecular weight excluding hydrogens is 322 g/mol. The number of hydrogen-bond acceptors (Lipinski definition) is 5. The molecule has 0 atom stereocenters. The van der Waals surface area contributed by atoms with Crippen LogP contribution in [0.1, 0.15) is 32.0 Å². The Morgan fingerprint density at radius 2 is 1.95 bits per heavy atom. The van der Waals surface area contributed by atoms with Crippen molar-refractivity contribution in [1.82, 2.24) is 4.31 Å². The topological polar surface area (TPSA) is 71.5 Å². The molecule has 0 unspecified atom stereocenters. The van der Waals surface area contributed by atoms with E-state index in [0.717, 1.165) is 9.87 Å². The average molecular weight is 335 g/mol. The van der Waals surface area contributed by atoms with E-state index in [2.05, 4.69) is 0 Å². The zero-order chi connectivity index (χ0) is 15.9. The molecule has 114 valence electrons. The van der Waals surface area contributed by atoms with E-state index < -0.39 is 15.9 Å². The number of aryl methyl sites for hydroxylation is 1. The van der Waals surface area contributed by atoms with Crippen molar-refractivity contribution >= 4 is 33.1 Å². The molecule has 22 heavy (non-hydrogen) atoms. The first-order valence-corrected chi connectivity index (χ1v) is 8.98. The highest BCUT2D eigenvalue weighted by molar-refractivity contribution is 7.90. The van der Waals surface area contributed by atoms with Crippen molar-refractivity contribution in [1.29, 1.82) is 0 Å². The normalized spacial score (nSPS) is 15.9. The summed E-state index contributed by atoms with van der Waals surface area (Å²) in [7, 11) is -3.84. The number of rotatable bonds is 4. The zero-order valence-corrected chi connectivity index (χ0v) is 13.4. The molecule has 1 aliphatic rings. The fraction of sp³-hybridized carbons (Fsp3) is 0.200. The van der Waals surface area contributed by atoms with Gasteiger partial charge in [-0.3, -0.25) is 9.59 Å². The van der Waals surface area contributed by atoms with Gasteiger partial charge in [0.05, 0.1) is 10.4 Å². The van der Waals surface area contributed by atoms with E-state index in [1.165, 1.54) is 23.5 Å². The first kappa shape index (κ1) is 14.9. The van der Waals surface area contributed by atoms with Gasteiger partial charge in [-0.1, -0.05) is 12.1 Å². The van der Waals surface area contributed by atoms with Gasteiger partial charge in [0.25, 0.3) is 15.9 Å². The van der Waals surface area contributed by atoms with Crippen LogP contribution in [0.3, 0.4) is 0 Å². The Bertz CT molecular complexity index is 867. The smallest absolute Gasteiger partial charge is 0.269 e. The van der Waals surface area contributed by atoms with Crippen LogP contribution in [0.4, 0.5) is 0 Å². The van der Waals surface area contributed by atoms with Crippen LogP contribution in [0.25, 0.3) is 0 Å². The van der Waals surface area contributed by atoms with Crippen LogP contribution in [0, 0.1) is 6.92 Å². The molecule has 0 saturated heterocycles. The van der Waals surface area contributed by atoms with Crippen LogP contribution in [0.15, 0.2) is 40.6 Å². The Balaban J connectivity index is 1.82. The number of Topliss-reactive ketones (excluding diaryl/α,β-unsaturated/α-hetero) is 1. The molecule has 5 nitrogen and oxygen atoms in total. The van der Waals surface area contributed by atoms with Gasteiger partial charge in [0.2, 0.25) is 0 Å². The van der Waals surface area contributed by atoms with Gasteiger partial charge in [-0.15, -0.1) is 11.3 Å². The highest BCUT2D eigenvalue weighted by atomic mass is 32.2. The number of ketones is 1. The summed E-state index contributed by atoms with van der Waals surface area (Å²) in [5.74, 6) is -0.710. The van der Waals surface area contributed by atoms with Crippen LogP contribution in [0.5, 0.6) is 0 Å². The summed E-state index contributed by atoms with van der Waals surface area (Å²) in [6.07, 6.45) is -0.0136. The zero-order valence-electron chi connectivity index (χ0n) is 11.8. The van der Waals surface area contributed by atoms with Crippen LogP contribution >= 0.6 is 11.3 Å². The second-order valence-corrected chi connectivity index (χ2v) is 7.73. The minimum Gasteiger partial charge on any atom is -0.293 e. The number of carbonyl (C=O) groups is 2. The molecule has 7 heteroatoms. The summed E-state index contributed by atoms with van der Waals surface area (Å²) < 4.78 is 25.5. The maximum Gasteiger partial charge on any atom is 0.269 e. The fourth-order valence-electron chi connectivity index (χ4n) is 2.43. The van der Waals surface area contributed by atoms with E-state index in [-0.39, 0.29) is 29.2 Å². The Morgan fingerprint density at radius 3 is 2.59 bits per heavy atom. The van der Waals surface area contributed by atoms with E-state index in [0.29, 0.717) is 4.88 Å². The van der Waals surface area contributed by atoms with Crippen LogP contribution in [0.2, 0.25) is 0 Å². The Labute approximate surface area is 132 Å². The van der Waals surface area contributed by atoms with Crippen molar-refractivity contribution in [2.75, 3.05) is 6.54 Å². The van der Waals surface area contributed by atoms with Crippen LogP contribution in [-0.4, -0.2) is 31.0 Å². The minimum atomic E-state index is -3.84. The number of thiophene rings is 1. The van der Waals surface area contributed by atoms with E-state index >= 15 is 0 Å². The highest BCUT2D eigenvalue weighted by Crippen LogP contribution is 2.30. The summed E-state index contributed by atoms with van der Waals surface area (Å²) in [5.41, 5.74) is 1.04. The molecule has 0 spiro atoms. The summed E-state index contributed by atoms with van der Waals surface area (Å²) in [5, 5.41) is 1.82. The lowest BCUT2D eigenvalue weighted by molar-refractivity contribution is 0.0860. The maximum atomic E-state index is 12.4. The lowest BCUT2D eigenvalue weighted by atomic mass is 10.1. The molecular formula is C15H13NO4S2. The molecule has 0 aliphatic carbocycles. The van der Waals surface area contributed by atoms with Crippen molar-refractivity contribution in [3.63, 3.8) is 0 Å². The second-order valence-electron chi connectivity index (χ2n) is 4.98. The standard InChI is InChI=1S/C15H13NO4S2/c1-10-7-9-21-14(10)12(17)6-8-16-15(18)11-4-2-3-5-13(11)22(16,19)20/h2-5,7,9H,6,8H2,1H3. The number of hydrogen-bond donors (Lipinski definition) is 0. The third-order valence-corrected chi connectivity index (χ3v) is 6.47. The van der Waals surface area contributed by atoms with Gasteiger partial charge in [0.15, 0.2) is 5.78 Å². The van der Waals surface area contributed by atoms with Gasteiger partial charge in [-0.2, -0.15) is 0 Å². The van der Waals surface area contributed by atoms with Gasteiger partial charge in [-0.25, -0.2) is 12.7 Å². The number of nitrogens with zero attached hydrogens (tertiary/aromatic N) is 1. The van der Waals surface area contributed by atoms with Crippen LogP contribution in [-0.2, 0) is 10.0 Å². The van der Waals surface area contributed by atoms with Crippen molar-refractivity contribution in [3.05, 3.63) is 51.7 Å². The fourth-order valence-corrected chi connectivity index (χ4v) is 4.89. The SMILES string of the molecule is Cc1ccsc1C(=O)CCN1C(=O)c2ccccc2S1(=O)=O. The lowest BCUT2D eigenvalue weighted by Gasteiger charge is -2.14. The second kappa shape index (κ2) is 5.33. The molecule has 1 aromatic carbocycles. The maximum absolute atomic E-state index is 12.4. The minimum absolute atomic E-state index is 0.0136. The number of fused-ring (bicyclic) bond motifs is 1. The summed E-state index contributed by atoms with van der Waals surface area (Å²) in [6, 6.07) is 7.93. The Hall–Kier alpha value is -1.99. The molecule has 3 rings (SSSR count). The van der Waals surface area contributed by atoms with E-state index in [4.69, 9.17) is 0 Å².